The second kappa shape index (κ2) is 5.45. The molecule has 0 atom stereocenters. The lowest BCUT2D eigenvalue weighted by Gasteiger charge is -2.06. The third-order valence-electron chi connectivity index (χ3n) is 4.25. The third-order valence-corrected chi connectivity index (χ3v) is 5.32. The Kier molecular flexibility index (Phi) is 3.41. The van der Waals surface area contributed by atoms with Gasteiger partial charge < -0.3 is 4.40 Å². The van der Waals surface area contributed by atoms with Crippen molar-refractivity contribution < 1.29 is 4.79 Å². The summed E-state index contributed by atoms with van der Waals surface area (Å²) in [5.41, 5.74) is 4.41. The predicted molar refractivity (Wildman–Crippen MR) is 91.4 cm³/mol. The molecule has 1 aliphatic carbocycles. The number of nitrogens with zero attached hydrogens (tertiary/aromatic N) is 3. The topological polar surface area (TPSA) is 59.3 Å². The first-order chi connectivity index (χ1) is 11.1. The molecule has 0 spiro atoms. The van der Waals surface area contributed by atoms with E-state index in [4.69, 9.17) is 0 Å². The van der Waals surface area contributed by atoms with E-state index in [1.165, 1.54) is 17.7 Å². The molecule has 23 heavy (non-hydrogen) atoms. The quantitative estimate of drug-likeness (QED) is 0.783. The van der Waals surface area contributed by atoms with Crippen LogP contribution < -0.4 is 5.32 Å². The van der Waals surface area contributed by atoms with Gasteiger partial charge in [-0.2, -0.15) is 0 Å². The number of hydrogen-bond acceptors (Lipinski definition) is 4. The molecule has 0 bridgehead atoms. The molecule has 1 aliphatic rings. The van der Waals surface area contributed by atoms with Gasteiger partial charge in [-0.15, -0.1) is 11.3 Å². The molecule has 0 saturated carbocycles. The summed E-state index contributed by atoms with van der Waals surface area (Å²) in [6.07, 6.45) is 6.40. The van der Waals surface area contributed by atoms with Crippen LogP contribution in [0.25, 0.3) is 5.65 Å². The fraction of sp³-hybridized carbons (Fsp3) is 0.353. The van der Waals surface area contributed by atoms with Gasteiger partial charge in [-0.05, 0) is 51.7 Å². The zero-order valence-corrected chi connectivity index (χ0v) is 14.0. The zero-order valence-electron chi connectivity index (χ0n) is 13.2. The minimum atomic E-state index is -0.143. The summed E-state index contributed by atoms with van der Waals surface area (Å²) >= 11 is 1.60. The van der Waals surface area contributed by atoms with Crippen molar-refractivity contribution in [2.75, 3.05) is 5.32 Å². The lowest BCUT2D eigenvalue weighted by atomic mass is 10.0. The van der Waals surface area contributed by atoms with E-state index in [0.717, 1.165) is 29.9 Å². The Balaban J connectivity index is 1.66. The van der Waals surface area contributed by atoms with Crippen LogP contribution in [0.2, 0.25) is 0 Å². The van der Waals surface area contributed by atoms with Gasteiger partial charge in [0.05, 0.1) is 11.3 Å². The van der Waals surface area contributed by atoms with Gasteiger partial charge in [-0.3, -0.25) is 10.1 Å². The lowest BCUT2D eigenvalue weighted by molar-refractivity contribution is 0.102. The molecule has 1 N–H and O–H groups in total. The molecule has 0 saturated heterocycles. The van der Waals surface area contributed by atoms with E-state index in [-0.39, 0.29) is 5.91 Å². The molecule has 5 nitrogen and oxygen atoms in total. The number of carbonyl (C=O) groups excluding carboxylic acids is 1. The van der Waals surface area contributed by atoms with Crippen LogP contribution >= 0.6 is 11.3 Å². The van der Waals surface area contributed by atoms with E-state index in [1.54, 1.807) is 11.3 Å². The van der Waals surface area contributed by atoms with E-state index in [1.807, 2.05) is 36.6 Å². The summed E-state index contributed by atoms with van der Waals surface area (Å²) in [5.74, 6) is -0.143. The fourth-order valence-electron chi connectivity index (χ4n) is 3.14. The smallest absolute Gasteiger partial charge is 0.261 e. The van der Waals surface area contributed by atoms with Crippen LogP contribution in [0.15, 0.2) is 18.3 Å². The molecular weight excluding hydrogens is 308 g/mol. The number of hydrogen-bond donors (Lipinski definition) is 1. The summed E-state index contributed by atoms with van der Waals surface area (Å²) in [4.78, 5) is 23.0. The molecule has 3 aromatic heterocycles. The van der Waals surface area contributed by atoms with E-state index in [9.17, 15) is 4.79 Å². The van der Waals surface area contributed by atoms with Gasteiger partial charge in [-0.25, -0.2) is 9.97 Å². The number of aromatic nitrogens is 3. The number of thiazole rings is 1. The molecule has 3 heterocycles. The van der Waals surface area contributed by atoms with Crippen molar-refractivity contribution in [3.05, 3.63) is 45.9 Å². The average Bonchev–Trinajstić information content (AvgIpc) is 3.10. The highest BCUT2D eigenvalue weighted by Crippen LogP contribution is 2.30. The Morgan fingerprint density at radius 2 is 2.09 bits per heavy atom. The Bertz CT molecular complexity index is 885. The van der Waals surface area contributed by atoms with E-state index < -0.39 is 0 Å². The number of fused-ring (bicyclic) bond motifs is 2. The first-order valence-corrected chi connectivity index (χ1v) is 8.69. The highest BCUT2D eigenvalue weighted by Gasteiger charge is 2.19. The van der Waals surface area contributed by atoms with Crippen LogP contribution in [0.1, 0.15) is 45.2 Å². The molecular formula is C17H18N4OS. The number of nitrogens with one attached hydrogen (secondary N) is 1. The van der Waals surface area contributed by atoms with Crippen molar-refractivity contribution in [1.29, 1.82) is 0 Å². The molecule has 0 aromatic carbocycles. The number of anilines is 1. The Hall–Kier alpha value is -2.21. The minimum Gasteiger partial charge on any atom is -0.305 e. The van der Waals surface area contributed by atoms with Gasteiger partial charge in [-0.1, -0.05) is 0 Å². The number of aryl methyl sites for hydroxylation is 4. The van der Waals surface area contributed by atoms with Crippen molar-refractivity contribution in [3.63, 3.8) is 0 Å². The SMILES string of the molecule is Cc1cc(C)n2ccc(C(=O)Nc3nc4c(s3)CCCC4)c2n1. The van der Waals surface area contributed by atoms with E-state index >= 15 is 0 Å². The largest absolute Gasteiger partial charge is 0.305 e. The molecule has 0 fully saturated rings. The van der Waals surface area contributed by atoms with Crippen LogP contribution in [-0.2, 0) is 12.8 Å². The molecule has 0 unspecified atom stereocenters. The first kappa shape index (κ1) is 14.4. The van der Waals surface area contributed by atoms with Gasteiger partial charge in [0.25, 0.3) is 5.91 Å². The average molecular weight is 326 g/mol. The Morgan fingerprint density at radius 3 is 2.91 bits per heavy atom. The molecule has 3 aromatic rings. The van der Waals surface area contributed by atoms with Gasteiger partial charge in [0.15, 0.2) is 5.13 Å². The van der Waals surface area contributed by atoms with Crippen LogP contribution in [0.4, 0.5) is 5.13 Å². The molecule has 6 heteroatoms. The number of amides is 1. The second-order valence-corrected chi connectivity index (χ2v) is 7.10. The summed E-state index contributed by atoms with van der Waals surface area (Å²) in [5, 5.41) is 3.65. The zero-order chi connectivity index (χ0) is 16.0. The molecule has 0 aliphatic heterocycles. The summed E-state index contributed by atoms with van der Waals surface area (Å²) in [7, 11) is 0. The Labute approximate surface area is 138 Å². The molecule has 0 radical (unpaired) electrons. The standard InChI is InChI=1S/C17H18N4OS/c1-10-9-11(2)21-8-7-12(15(21)18-10)16(22)20-17-19-13-5-3-4-6-14(13)23-17/h7-9H,3-6H2,1-2H3,(H,19,20,22). The summed E-state index contributed by atoms with van der Waals surface area (Å²) in [6.45, 7) is 3.95. The Morgan fingerprint density at radius 1 is 1.26 bits per heavy atom. The van der Waals surface area contributed by atoms with Crippen LogP contribution in [0, 0.1) is 13.8 Å². The maximum Gasteiger partial charge on any atom is 0.261 e. The maximum absolute atomic E-state index is 12.6. The van der Waals surface area contributed by atoms with Crippen molar-refractivity contribution >= 4 is 28.0 Å². The monoisotopic (exact) mass is 326 g/mol. The van der Waals surface area contributed by atoms with E-state index in [0.29, 0.717) is 16.3 Å². The van der Waals surface area contributed by atoms with Crippen LogP contribution in [-0.4, -0.2) is 20.3 Å². The van der Waals surface area contributed by atoms with Crippen molar-refractivity contribution in [1.82, 2.24) is 14.4 Å². The summed E-state index contributed by atoms with van der Waals surface area (Å²) < 4.78 is 1.94. The number of carbonyl (C=O) groups is 1. The van der Waals surface area contributed by atoms with Crippen LogP contribution in [0.3, 0.4) is 0 Å². The highest BCUT2D eigenvalue weighted by atomic mass is 32.1. The van der Waals surface area contributed by atoms with Gasteiger partial charge >= 0.3 is 0 Å². The van der Waals surface area contributed by atoms with Crippen molar-refractivity contribution in [2.24, 2.45) is 0 Å². The van der Waals surface area contributed by atoms with Gasteiger partial charge in [0.2, 0.25) is 0 Å². The van der Waals surface area contributed by atoms with E-state index in [2.05, 4.69) is 15.3 Å². The predicted octanol–water partition coefficient (Wildman–Crippen LogP) is 3.54. The van der Waals surface area contributed by atoms with Crippen molar-refractivity contribution in [3.8, 4) is 0 Å². The minimum absolute atomic E-state index is 0.143. The third kappa shape index (κ3) is 2.53. The maximum atomic E-state index is 12.6. The normalized spacial score (nSPS) is 14.0. The number of rotatable bonds is 2. The second-order valence-electron chi connectivity index (χ2n) is 6.01. The van der Waals surface area contributed by atoms with Crippen LogP contribution in [0.5, 0.6) is 0 Å². The van der Waals surface area contributed by atoms with Gasteiger partial charge in [0.1, 0.15) is 5.65 Å². The fourth-order valence-corrected chi connectivity index (χ4v) is 4.19. The van der Waals surface area contributed by atoms with Crippen molar-refractivity contribution in [2.45, 2.75) is 39.5 Å². The first-order valence-electron chi connectivity index (χ1n) is 7.87. The van der Waals surface area contributed by atoms with Gasteiger partial charge in [0, 0.05) is 22.5 Å². The molecule has 4 rings (SSSR count). The lowest BCUT2D eigenvalue weighted by Crippen LogP contribution is -2.12. The summed E-state index contributed by atoms with van der Waals surface area (Å²) in [6, 6.07) is 3.82. The highest BCUT2D eigenvalue weighted by molar-refractivity contribution is 7.15. The molecule has 1 amide bonds. The molecule has 118 valence electrons.